The number of hydrogen-bond acceptors (Lipinski definition) is 8. The molecule has 1 heterocycles. The van der Waals surface area contributed by atoms with Crippen molar-refractivity contribution in [1.82, 2.24) is 20.1 Å². The highest BCUT2D eigenvalue weighted by Gasteiger charge is 2.37. The van der Waals surface area contributed by atoms with E-state index in [1.54, 1.807) is 37.9 Å². The van der Waals surface area contributed by atoms with E-state index in [1.807, 2.05) is 55.7 Å². The molecule has 0 saturated carbocycles. The summed E-state index contributed by atoms with van der Waals surface area (Å²) >= 11 is 1.03. The first-order valence-electron chi connectivity index (χ1n) is 19.6. The van der Waals surface area contributed by atoms with Crippen LogP contribution >= 0.6 is 11.8 Å². The molecule has 1 aromatic heterocycles. The molecule has 322 valence electrons. The van der Waals surface area contributed by atoms with E-state index >= 15 is 4.39 Å². The minimum absolute atomic E-state index is 0.0640. The van der Waals surface area contributed by atoms with Crippen molar-refractivity contribution < 1.29 is 47.3 Å². The predicted octanol–water partition coefficient (Wildman–Crippen LogP) is 7.69. The number of benzene rings is 2. The summed E-state index contributed by atoms with van der Waals surface area (Å²) in [7, 11) is -0.566. The third kappa shape index (κ3) is 16.8. The van der Waals surface area contributed by atoms with E-state index in [2.05, 4.69) is 23.7 Å². The monoisotopic (exact) mass is 857 g/mol. The Bertz CT molecular complexity index is 1880. The van der Waals surface area contributed by atoms with E-state index in [-0.39, 0.29) is 48.9 Å². The topological polar surface area (TPSA) is 156 Å². The average molecular weight is 858 g/mol. The molecule has 0 fully saturated rings. The summed E-state index contributed by atoms with van der Waals surface area (Å²) in [6.07, 6.45) is 1.03. The van der Waals surface area contributed by atoms with Gasteiger partial charge in [-0.25, -0.2) is 18.4 Å². The average Bonchev–Trinajstić information content (AvgIpc) is 3.53. The maximum Gasteiger partial charge on any atom is 0.407 e. The number of carboxylic acids is 1. The molecular weight excluding hydrogens is 799 g/mol. The maximum atomic E-state index is 15.2. The number of thioether (sulfide) groups is 1. The summed E-state index contributed by atoms with van der Waals surface area (Å²) in [5, 5.41) is 15.1. The number of rotatable bonds is 21. The van der Waals surface area contributed by atoms with Crippen LogP contribution in [0, 0.1) is 17.0 Å². The van der Waals surface area contributed by atoms with Crippen molar-refractivity contribution in [2.75, 3.05) is 31.2 Å². The van der Waals surface area contributed by atoms with Gasteiger partial charge in [-0.05, 0) is 62.4 Å². The first-order valence-corrected chi connectivity index (χ1v) is 23.5. The van der Waals surface area contributed by atoms with Crippen LogP contribution in [0.5, 0.6) is 0 Å². The van der Waals surface area contributed by atoms with Crippen molar-refractivity contribution in [2.45, 2.75) is 104 Å². The molecule has 3 aromatic rings. The molecule has 0 radical (unpaired) electrons. The fraction of sp³-hybridized carbons (Fsp3) is 0.512. The van der Waals surface area contributed by atoms with Crippen molar-refractivity contribution in [3.63, 3.8) is 0 Å². The fourth-order valence-electron chi connectivity index (χ4n) is 6.24. The van der Waals surface area contributed by atoms with Gasteiger partial charge < -0.3 is 34.7 Å². The van der Waals surface area contributed by atoms with Gasteiger partial charge in [0.2, 0.25) is 11.8 Å². The lowest BCUT2D eigenvalue weighted by Gasteiger charge is -2.41. The van der Waals surface area contributed by atoms with Gasteiger partial charge in [-0.3, -0.25) is 14.4 Å². The Morgan fingerprint density at radius 2 is 1.66 bits per heavy atom. The Hall–Kier alpha value is -4.70. The molecule has 12 nitrogen and oxygen atoms in total. The molecular formula is C43H59F2N4O8SSi+. The van der Waals surface area contributed by atoms with Crippen LogP contribution < -0.4 is 10.6 Å². The van der Waals surface area contributed by atoms with Crippen LogP contribution in [0.25, 0.3) is 11.1 Å². The number of amides is 3. The van der Waals surface area contributed by atoms with Crippen LogP contribution in [0.15, 0.2) is 60.8 Å². The summed E-state index contributed by atoms with van der Waals surface area (Å²) in [5.41, 5.74) is 0.707. The molecule has 59 heavy (non-hydrogen) atoms. The summed E-state index contributed by atoms with van der Waals surface area (Å²) in [5.74, 6) is -4.40. The zero-order valence-corrected chi connectivity index (χ0v) is 37.2. The number of nitrogens with zero attached hydrogens (tertiary/aromatic N) is 2. The molecule has 3 N–H and O–H groups in total. The molecule has 3 rings (SSSR count). The number of hydrogen-bond donors (Lipinski definition) is 3. The smallest absolute Gasteiger partial charge is 0.407 e. The number of carbonyl (C=O) groups is 5. The van der Waals surface area contributed by atoms with Gasteiger partial charge in [0.25, 0.3) is 0 Å². The lowest BCUT2D eigenvalue weighted by Crippen LogP contribution is -2.45. The van der Waals surface area contributed by atoms with Crippen LogP contribution in [0.3, 0.4) is 0 Å². The van der Waals surface area contributed by atoms with Crippen LogP contribution in [0.2, 0.25) is 19.1 Å². The van der Waals surface area contributed by atoms with Gasteiger partial charge in [-0.15, -0.1) is 11.8 Å². The maximum absolute atomic E-state index is 15.2. The first kappa shape index (κ1) is 48.7. The molecule has 0 unspecified atom stereocenters. The zero-order chi connectivity index (χ0) is 43.9. The van der Waals surface area contributed by atoms with Gasteiger partial charge in [-0.1, -0.05) is 51.1 Å². The summed E-state index contributed by atoms with van der Waals surface area (Å²) in [6.45, 7) is 16.3. The molecule has 0 bridgehead atoms. The van der Waals surface area contributed by atoms with E-state index in [1.165, 1.54) is 0 Å². The van der Waals surface area contributed by atoms with E-state index in [0.29, 0.717) is 30.8 Å². The highest BCUT2D eigenvalue weighted by Crippen LogP contribution is 2.41. The Kier molecular flexibility index (Phi) is 18.6. The van der Waals surface area contributed by atoms with Crippen molar-refractivity contribution in [2.24, 2.45) is 5.41 Å². The lowest BCUT2D eigenvalue weighted by molar-refractivity contribution is -0.155. The Labute approximate surface area is 352 Å². The summed E-state index contributed by atoms with van der Waals surface area (Å²) < 4.78 is 42.2. The van der Waals surface area contributed by atoms with Crippen molar-refractivity contribution in [3.8, 4) is 11.1 Å². The Morgan fingerprint density at radius 1 is 0.966 bits per heavy atom. The van der Waals surface area contributed by atoms with Crippen LogP contribution in [-0.4, -0.2) is 96.1 Å². The van der Waals surface area contributed by atoms with Gasteiger partial charge in [0.1, 0.15) is 35.9 Å². The third-order valence-corrected chi connectivity index (χ3v) is 11.1. The second-order valence-electron chi connectivity index (χ2n) is 16.7. The van der Waals surface area contributed by atoms with Gasteiger partial charge in [0.15, 0.2) is 0 Å². The minimum Gasteiger partial charge on any atom is -0.480 e. The molecule has 0 aliphatic rings. The molecule has 0 saturated heterocycles. The van der Waals surface area contributed by atoms with Crippen molar-refractivity contribution in [3.05, 3.63) is 83.7 Å². The highest BCUT2D eigenvalue weighted by atomic mass is 32.2. The van der Waals surface area contributed by atoms with E-state index in [9.17, 15) is 33.5 Å². The van der Waals surface area contributed by atoms with E-state index < -0.39 is 67.5 Å². The zero-order valence-electron chi connectivity index (χ0n) is 35.4. The van der Waals surface area contributed by atoms with Gasteiger partial charge >= 0.3 is 26.8 Å². The normalized spacial score (nSPS) is 12.6. The highest BCUT2D eigenvalue weighted by molar-refractivity contribution is 8.00. The van der Waals surface area contributed by atoms with Crippen LogP contribution in [-0.2, 0) is 35.2 Å². The number of ether oxygens (including phenoxy) is 2. The number of carboxylic acid groups (broad SMARTS) is 1. The number of aromatic nitrogens is 1. The number of nitrogens with one attached hydrogen (secondary N) is 2. The summed E-state index contributed by atoms with van der Waals surface area (Å²) in [6, 6.07) is 13.4. The second kappa shape index (κ2) is 22.6. The largest absolute Gasteiger partial charge is 0.480 e. The first-order chi connectivity index (χ1) is 27.6. The van der Waals surface area contributed by atoms with Crippen molar-refractivity contribution >= 4 is 50.4 Å². The summed E-state index contributed by atoms with van der Waals surface area (Å²) in [4.78, 5) is 65.4. The number of alkyl carbamates (subject to hydrolysis) is 1. The van der Waals surface area contributed by atoms with E-state index in [0.717, 1.165) is 41.6 Å². The van der Waals surface area contributed by atoms with Crippen LogP contribution in [0.4, 0.5) is 13.6 Å². The lowest BCUT2D eigenvalue weighted by atomic mass is 9.83. The quantitative estimate of drug-likeness (QED) is 0.0556. The minimum atomic E-state index is -1.34. The Morgan fingerprint density at radius 3 is 2.29 bits per heavy atom. The Balaban J connectivity index is 1.93. The molecule has 0 spiro atoms. The molecule has 0 aliphatic carbocycles. The molecule has 0 aliphatic heterocycles. The fourth-order valence-corrected chi connectivity index (χ4v) is 7.67. The van der Waals surface area contributed by atoms with Gasteiger partial charge in [0.05, 0.1) is 31.3 Å². The molecule has 2 atom stereocenters. The number of carbonyl (C=O) groups excluding carboxylic acids is 4. The SMILES string of the molecule is C[Si+](C)CCOC(=O)NCCCN(C(=O)CSC[C@H](NC(=O)CCC(=O)OC(C)(C)C)C(=O)O)[C@@H](c1cc(-c2cc(F)ccc2F)cn1Cc1ccccc1)C(C)(C)C. The third-order valence-electron chi connectivity index (χ3n) is 8.90. The predicted molar refractivity (Wildman–Crippen MR) is 227 cm³/mol. The van der Waals surface area contributed by atoms with Crippen LogP contribution in [0.1, 0.15) is 78.1 Å². The van der Waals surface area contributed by atoms with Gasteiger partial charge in [0, 0.05) is 54.8 Å². The molecule has 2 aromatic carbocycles. The number of aliphatic carboxylic acids is 1. The van der Waals surface area contributed by atoms with Crippen molar-refractivity contribution in [1.29, 1.82) is 0 Å². The van der Waals surface area contributed by atoms with Gasteiger partial charge in [-0.2, -0.15) is 0 Å². The molecule has 3 amide bonds. The second-order valence-corrected chi connectivity index (χ2v) is 20.6. The number of esters is 1. The van der Waals surface area contributed by atoms with E-state index in [4.69, 9.17) is 9.47 Å². The molecule has 16 heteroatoms. The number of halogens is 2. The standard InChI is InChI=1S/C43H58F2N4O8SSi/c1-42(2,3)39(35-23-30(32-24-31(44)15-16-33(32)45)26-48(35)25-29-13-10-9-11-14-29)49(20-12-19-46-41(55)56-21-22-59(7)8)37(51)28-58-27-34(40(53)54)47-36(50)17-18-38(52)57-43(4,5)6/h9-11,13-16,23-24,26,34,39H,12,17-22,25,27-28H2,1-8H3,(H2-,46,47,50,53,54,55)/p+1/t34-,39-/m0/s1.